The first-order chi connectivity index (χ1) is 7.38. The Morgan fingerprint density at radius 2 is 2.33 bits per heavy atom. The van der Waals surface area contributed by atoms with Crippen molar-refractivity contribution in [2.24, 2.45) is 5.73 Å². The maximum absolute atomic E-state index is 5.35. The molecule has 80 valence electrons. The molecule has 0 amide bonds. The number of hydrogen-bond donors (Lipinski definition) is 2. The fourth-order valence-electron chi connectivity index (χ4n) is 1.05. The minimum Gasteiger partial charge on any atom is -0.408 e. The van der Waals surface area contributed by atoms with Crippen LogP contribution in [0.2, 0.25) is 0 Å². The molecular formula is C8H11N5O2. The third kappa shape index (κ3) is 2.53. The van der Waals surface area contributed by atoms with Crippen molar-refractivity contribution in [2.75, 3.05) is 11.9 Å². The Kier molecular flexibility index (Phi) is 2.93. The van der Waals surface area contributed by atoms with E-state index in [9.17, 15) is 0 Å². The summed E-state index contributed by atoms with van der Waals surface area (Å²) < 4.78 is 10.1. The number of nitrogens with zero attached hydrogens (tertiary/aromatic N) is 3. The van der Waals surface area contributed by atoms with Gasteiger partial charge in [0, 0.05) is 19.0 Å². The Morgan fingerprint density at radius 3 is 3.07 bits per heavy atom. The number of aromatic nitrogens is 3. The van der Waals surface area contributed by atoms with Crippen molar-refractivity contribution in [1.29, 1.82) is 0 Å². The highest BCUT2D eigenvalue weighted by molar-refractivity contribution is 5.18. The maximum atomic E-state index is 5.35. The maximum Gasteiger partial charge on any atom is 0.315 e. The summed E-state index contributed by atoms with van der Waals surface area (Å²) >= 11 is 0. The van der Waals surface area contributed by atoms with Crippen LogP contribution in [0.25, 0.3) is 0 Å². The molecule has 0 unspecified atom stereocenters. The van der Waals surface area contributed by atoms with Crippen molar-refractivity contribution in [2.45, 2.75) is 13.0 Å². The lowest BCUT2D eigenvalue weighted by Gasteiger charge is -1.95. The molecule has 0 spiro atoms. The Morgan fingerprint density at radius 1 is 1.40 bits per heavy atom. The van der Waals surface area contributed by atoms with Gasteiger partial charge in [-0.1, -0.05) is 10.3 Å². The molecule has 0 aliphatic carbocycles. The van der Waals surface area contributed by atoms with Gasteiger partial charge in [0.05, 0.1) is 12.7 Å². The first-order valence-electron chi connectivity index (χ1n) is 4.54. The fraction of sp³-hybridized carbons (Fsp3) is 0.375. The van der Waals surface area contributed by atoms with Gasteiger partial charge < -0.3 is 20.0 Å². The van der Waals surface area contributed by atoms with E-state index in [-0.39, 0.29) is 0 Å². The highest BCUT2D eigenvalue weighted by atomic mass is 16.5. The lowest BCUT2D eigenvalue weighted by molar-refractivity contribution is 0.386. The number of rotatable bonds is 5. The Hall–Kier alpha value is -1.89. The van der Waals surface area contributed by atoms with Gasteiger partial charge in [-0.3, -0.25) is 0 Å². The van der Waals surface area contributed by atoms with E-state index in [2.05, 4.69) is 20.7 Å². The number of nitrogens with one attached hydrogen (secondary N) is 1. The summed E-state index contributed by atoms with van der Waals surface area (Å²) in [5.41, 5.74) is 5.35. The second-order valence-corrected chi connectivity index (χ2v) is 2.87. The summed E-state index contributed by atoms with van der Waals surface area (Å²) in [7, 11) is 0. The number of hydrogen-bond acceptors (Lipinski definition) is 7. The highest BCUT2D eigenvalue weighted by Gasteiger charge is 2.05. The lowest BCUT2D eigenvalue weighted by Crippen LogP contribution is -2.02. The quantitative estimate of drug-likeness (QED) is 0.723. The molecule has 0 radical (unpaired) electrons. The second kappa shape index (κ2) is 4.56. The SMILES string of the molecule is NCCc1nnc(NCc2ccno2)o1. The Labute approximate surface area is 85.6 Å². The molecule has 15 heavy (non-hydrogen) atoms. The van der Waals surface area contributed by atoms with Crippen LogP contribution in [0.15, 0.2) is 21.2 Å². The molecule has 2 aromatic heterocycles. The van der Waals surface area contributed by atoms with E-state index in [4.69, 9.17) is 14.7 Å². The minimum absolute atomic E-state index is 0.356. The van der Waals surface area contributed by atoms with E-state index in [0.29, 0.717) is 37.2 Å². The molecule has 0 aromatic carbocycles. The van der Waals surface area contributed by atoms with Crippen molar-refractivity contribution in [3.8, 4) is 0 Å². The molecule has 0 bridgehead atoms. The number of anilines is 1. The molecule has 7 heteroatoms. The minimum atomic E-state index is 0.356. The van der Waals surface area contributed by atoms with E-state index in [0.717, 1.165) is 0 Å². The smallest absolute Gasteiger partial charge is 0.315 e. The molecule has 0 aliphatic rings. The molecule has 0 fully saturated rings. The van der Waals surface area contributed by atoms with Gasteiger partial charge in [0.2, 0.25) is 5.89 Å². The van der Waals surface area contributed by atoms with E-state index >= 15 is 0 Å². The molecule has 2 rings (SSSR count). The second-order valence-electron chi connectivity index (χ2n) is 2.87. The third-order valence-corrected chi connectivity index (χ3v) is 1.73. The normalized spacial score (nSPS) is 10.5. The first-order valence-corrected chi connectivity index (χ1v) is 4.54. The molecule has 0 aliphatic heterocycles. The predicted molar refractivity (Wildman–Crippen MR) is 50.9 cm³/mol. The average molecular weight is 209 g/mol. The molecule has 2 heterocycles. The van der Waals surface area contributed by atoms with Crippen LogP contribution in [0.1, 0.15) is 11.7 Å². The zero-order chi connectivity index (χ0) is 10.5. The molecule has 0 atom stereocenters. The van der Waals surface area contributed by atoms with Gasteiger partial charge >= 0.3 is 6.01 Å². The molecular weight excluding hydrogens is 198 g/mol. The first kappa shape index (κ1) is 9.66. The van der Waals surface area contributed by atoms with Crippen LogP contribution in [0.3, 0.4) is 0 Å². The van der Waals surface area contributed by atoms with E-state index in [1.807, 2.05) is 0 Å². The van der Waals surface area contributed by atoms with Gasteiger partial charge in [0.15, 0.2) is 5.76 Å². The standard InChI is InChI=1S/C8H11N5O2/c9-3-1-7-12-13-8(14-7)10-5-6-2-4-11-15-6/h2,4H,1,3,5,9H2,(H,10,13). The zero-order valence-electron chi connectivity index (χ0n) is 8.01. The Bertz CT molecular complexity index is 397. The topological polar surface area (TPSA) is 103 Å². The van der Waals surface area contributed by atoms with Crippen LogP contribution in [0, 0.1) is 0 Å². The molecule has 2 aromatic rings. The molecule has 3 N–H and O–H groups in total. The molecule has 0 saturated heterocycles. The summed E-state index contributed by atoms with van der Waals surface area (Å²) in [5.74, 6) is 1.23. The number of nitrogens with two attached hydrogens (primary N) is 1. The van der Waals surface area contributed by atoms with Crippen LogP contribution < -0.4 is 11.1 Å². The van der Waals surface area contributed by atoms with Crippen molar-refractivity contribution >= 4 is 6.01 Å². The molecule has 7 nitrogen and oxygen atoms in total. The summed E-state index contributed by atoms with van der Waals surface area (Å²) in [4.78, 5) is 0. The van der Waals surface area contributed by atoms with Gasteiger partial charge in [-0.25, -0.2) is 0 Å². The monoisotopic (exact) mass is 209 g/mol. The van der Waals surface area contributed by atoms with Gasteiger partial charge in [0.25, 0.3) is 0 Å². The highest BCUT2D eigenvalue weighted by Crippen LogP contribution is 2.07. The fourth-order valence-corrected chi connectivity index (χ4v) is 1.05. The third-order valence-electron chi connectivity index (χ3n) is 1.73. The van der Waals surface area contributed by atoms with Crippen molar-refractivity contribution in [3.63, 3.8) is 0 Å². The zero-order valence-corrected chi connectivity index (χ0v) is 8.01. The predicted octanol–water partition coefficient (Wildman–Crippen LogP) is 0.171. The van der Waals surface area contributed by atoms with Crippen LogP contribution in [-0.4, -0.2) is 21.9 Å². The summed E-state index contributed by atoms with van der Waals surface area (Å²) in [6.07, 6.45) is 2.15. The summed E-state index contributed by atoms with van der Waals surface area (Å²) in [5, 5.41) is 14.1. The van der Waals surface area contributed by atoms with Crippen LogP contribution in [0.5, 0.6) is 0 Å². The largest absolute Gasteiger partial charge is 0.408 e. The van der Waals surface area contributed by atoms with Crippen LogP contribution in [0.4, 0.5) is 6.01 Å². The van der Waals surface area contributed by atoms with E-state index < -0.39 is 0 Å². The van der Waals surface area contributed by atoms with Crippen molar-refractivity contribution in [1.82, 2.24) is 15.4 Å². The van der Waals surface area contributed by atoms with Gasteiger partial charge in [-0.05, 0) is 0 Å². The van der Waals surface area contributed by atoms with Crippen LogP contribution in [-0.2, 0) is 13.0 Å². The average Bonchev–Trinajstić information content (AvgIpc) is 2.85. The lowest BCUT2D eigenvalue weighted by atomic mass is 10.4. The summed E-state index contributed by atoms with van der Waals surface area (Å²) in [6, 6.07) is 2.11. The van der Waals surface area contributed by atoms with Crippen molar-refractivity contribution < 1.29 is 8.94 Å². The summed E-state index contributed by atoms with van der Waals surface area (Å²) in [6.45, 7) is 0.952. The molecule has 0 saturated carbocycles. The van der Waals surface area contributed by atoms with Gasteiger partial charge in [-0.2, -0.15) is 0 Å². The van der Waals surface area contributed by atoms with Crippen LogP contribution >= 0.6 is 0 Å². The van der Waals surface area contributed by atoms with Gasteiger partial charge in [-0.15, -0.1) is 5.10 Å². The Balaban J connectivity index is 1.88. The van der Waals surface area contributed by atoms with Gasteiger partial charge in [0.1, 0.15) is 0 Å². The van der Waals surface area contributed by atoms with Crippen molar-refractivity contribution in [3.05, 3.63) is 23.9 Å². The van der Waals surface area contributed by atoms with E-state index in [1.165, 1.54) is 0 Å². The van der Waals surface area contributed by atoms with E-state index in [1.54, 1.807) is 12.3 Å².